The molecule has 0 amide bonds. The normalized spacial score (nSPS) is 10.8. The molecule has 0 spiro atoms. The summed E-state index contributed by atoms with van der Waals surface area (Å²) in [6.07, 6.45) is 3.06. The molecule has 0 aliphatic carbocycles. The van der Waals surface area contributed by atoms with Gasteiger partial charge in [-0.25, -0.2) is 4.98 Å². The van der Waals surface area contributed by atoms with Crippen LogP contribution in [0.25, 0.3) is 0 Å². The average molecular weight is 276 g/mol. The van der Waals surface area contributed by atoms with E-state index in [0.29, 0.717) is 0 Å². The lowest BCUT2D eigenvalue weighted by Gasteiger charge is -2.04. The number of anilines is 1. The fraction of sp³-hybridized carbons (Fsp3) is 0.400. The second kappa shape index (κ2) is 7.26. The minimum Gasteiger partial charge on any atom is -0.399 e. The molecule has 1 heterocycles. The van der Waals surface area contributed by atoms with Crippen molar-refractivity contribution in [2.24, 2.45) is 0 Å². The Labute approximate surface area is 118 Å². The topological polar surface area (TPSA) is 48.1 Å². The van der Waals surface area contributed by atoms with E-state index in [1.165, 1.54) is 10.4 Å². The van der Waals surface area contributed by atoms with Gasteiger partial charge in [0, 0.05) is 23.6 Å². The number of aryl methyl sites for hydroxylation is 2. The van der Waals surface area contributed by atoms with Gasteiger partial charge in [0.05, 0.1) is 17.8 Å². The Balaban J connectivity index is 1.57. The quantitative estimate of drug-likeness (QED) is 0.624. The number of thiazole rings is 1. The fourth-order valence-corrected chi connectivity index (χ4v) is 2.66. The highest BCUT2D eigenvalue weighted by Gasteiger charge is 2.00. The third-order valence-corrected chi connectivity index (χ3v) is 4.05. The monoisotopic (exact) mass is 276 g/mol. The largest absolute Gasteiger partial charge is 0.399 e. The summed E-state index contributed by atoms with van der Waals surface area (Å²) in [4.78, 5) is 5.56. The van der Waals surface area contributed by atoms with Crippen LogP contribution in [0.15, 0.2) is 29.8 Å². The number of hydrogen-bond donors (Lipinski definition) is 1. The molecular weight excluding hydrogens is 256 g/mol. The summed E-state index contributed by atoms with van der Waals surface area (Å²) in [6.45, 7) is 3.64. The standard InChI is InChI=1S/C15H20N2OS/c1-12-15(19-11-17-12)8-10-18-9-2-3-13-4-6-14(16)7-5-13/h4-7,11H,2-3,8-10,16H2,1H3. The van der Waals surface area contributed by atoms with Gasteiger partial charge in [-0.2, -0.15) is 0 Å². The predicted molar refractivity (Wildman–Crippen MR) is 80.5 cm³/mol. The van der Waals surface area contributed by atoms with Gasteiger partial charge in [-0.3, -0.25) is 0 Å². The molecule has 19 heavy (non-hydrogen) atoms. The zero-order valence-corrected chi connectivity index (χ0v) is 12.1. The smallest absolute Gasteiger partial charge is 0.0797 e. The van der Waals surface area contributed by atoms with Crippen LogP contribution >= 0.6 is 11.3 Å². The van der Waals surface area contributed by atoms with Crippen molar-refractivity contribution < 1.29 is 4.74 Å². The van der Waals surface area contributed by atoms with Crippen LogP contribution in [0.3, 0.4) is 0 Å². The van der Waals surface area contributed by atoms with Gasteiger partial charge in [0.2, 0.25) is 0 Å². The van der Waals surface area contributed by atoms with E-state index in [4.69, 9.17) is 10.5 Å². The SMILES string of the molecule is Cc1ncsc1CCOCCCc1ccc(N)cc1. The maximum Gasteiger partial charge on any atom is 0.0797 e. The summed E-state index contributed by atoms with van der Waals surface area (Å²) in [7, 11) is 0. The highest BCUT2D eigenvalue weighted by atomic mass is 32.1. The molecule has 0 atom stereocenters. The maximum atomic E-state index is 5.66. The fourth-order valence-electron chi connectivity index (χ4n) is 1.90. The van der Waals surface area contributed by atoms with Crippen molar-refractivity contribution in [2.45, 2.75) is 26.2 Å². The van der Waals surface area contributed by atoms with E-state index in [1.54, 1.807) is 11.3 Å². The minimum absolute atomic E-state index is 0.783. The van der Waals surface area contributed by atoms with E-state index in [9.17, 15) is 0 Å². The molecule has 0 unspecified atom stereocenters. The van der Waals surface area contributed by atoms with E-state index in [0.717, 1.165) is 43.9 Å². The van der Waals surface area contributed by atoms with Crippen molar-refractivity contribution in [3.05, 3.63) is 45.9 Å². The molecule has 2 N–H and O–H groups in total. The van der Waals surface area contributed by atoms with Crippen LogP contribution in [0.5, 0.6) is 0 Å². The molecule has 4 heteroatoms. The van der Waals surface area contributed by atoms with Gasteiger partial charge >= 0.3 is 0 Å². The summed E-state index contributed by atoms with van der Waals surface area (Å²) in [5, 5.41) is 0. The second-order valence-electron chi connectivity index (χ2n) is 4.57. The first kappa shape index (κ1) is 14.0. The van der Waals surface area contributed by atoms with Crippen LogP contribution in [-0.4, -0.2) is 18.2 Å². The van der Waals surface area contributed by atoms with Crippen molar-refractivity contribution in [3.63, 3.8) is 0 Å². The van der Waals surface area contributed by atoms with Gasteiger partial charge < -0.3 is 10.5 Å². The lowest BCUT2D eigenvalue weighted by molar-refractivity contribution is 0.135. The van der Waals surface area contributed by atoms with Crippen LogP contribution in [-0.2, 0) is 17.6 Å². The third kappa shape index (κ3) is 4.65. The first-order chi connectivity index (χ1) is 9.25. The van der Waals surface area contributed by atoms with Crippen molar-refractivity contribution in [1.82, 2.24) is 4.98 Å². The van der Waals surface area contributed by atoms with Crippen molar-refractivity contribution in [2.75, 3.05) is 18.9 Å². The zero-order chi connectivity index (χ0) is 13.5. The Morgan fingerprint density at radius 3 is 2.63 bits per heavy atom. The molecule has 1 aromatic carbocycles. The maximum absolute atomic E-state index is 5.66. The van der Waals surface area contributed by atoms with Crippen molar-refractivity contribution >= 4 is 17.0 Å². The second-order valence-corrected chi connectivity index (χ2v) is 5.51. The van der Waals surface area contributed by atoms with Gasteiger partial charge in [0.25, 0.3) is 0 Å². The number of hydrogen-bond acceptors (Lipinski definition) is 4. The van der Waals surface area contributed by atoms with Crippen LogP contribution < -0.4 is 5.73 Å². The van der Waals surface area contributed by atoms with Gasteiger partial charge in [-0.15, -0.1) is 11.3 Å². The summed E-state index contributed by atoms with van der Waals surface area (Å²) in [6, 6.07) is 8.05. The van der Waals surface area contributed by atoms with Gasteiger partial charge in [-0.1, -0.05) is 12.1 Å². The first-order valence-corrected chi connectivity index (χ1v) is 7.45. The molecule has 2 aromatic rings. The Hall–Kier alpha value is -1.39. The molecule has 0 bridgehead atoms. The molecule has 0 aliphatic rings. The molecule has 102 valence electrons. The lowest BCUT2D eigenvalue weighted by Crippen LogP contribution is -2.01. The van der Waals surface area contributed by atoms with E-state index in [1.807, 2.05) is 24.6 Å². The van der Waals surface area contributed by atoms with E-state index in [2.05, 4.69) is 17.1 Å². The molecule has 0 radical (unpaired) electrons. The molecule has 0 aliphatic heterocycles. The number of rotatable bonds is 7. The number of ether oxygens (including phenoxy) is 1. The van der Waals surface area contributed by atoms with Gasteiger partial charge in [0.1, 0.15) is 0 Å². The first-order valence-electron chi connectivity index (χ1n) is 6.57. The molecule has 2 rings (SSSR count). The molecule has 0 saturated heterocycles. The van der Waals surface area contributed by atoms with Gasteiger partial charge in [-0.05, 0) is 37.5 Å². The average Bonchev–Trinajstić information content (AvgIpc) is 2.81. The number of nitrogens with two attached hydrogens (primary N) is 1. The summed E-state index contributed by atoms with van der Waals surface area (Å²) >= 11 is 1.71. The van der Waals surface area contributed by atoms with Crippen LogP contribution in [0.1, 0.15) is 22.6 Å². The summed E-state index contributed by atoms with van der Waals surface area (Å²) < 4.78 is 5.66. The zero-order valence-electron chi connectivity index (χ0n) is 11.3. The Kier molecular flexibility index (Phi) is 5.36. The summed E-state index contributed by atoms with van der Waals surface area (Å²) in [5.41, 5.74) is 10.8. The number of nitrogens with zero attached hydrogens (tertiary/aromatic N) is 1. The predicted octanol–water partition coefficient (Wildman–Crippen LogP) is 3.23. The summed E-state index contributed by atoms with van der Waals surface area (Å²) in [5.74, 6) is 0. The van der Waals surface area contributed by atoms with E-state index in [-0.39, 0.29) is 0 Å². The van der Waals surface area contributed by atoms with E-state index >= 15 is 0 Å². The van der Waals surface area contributed by atoms with Gasteiger partial charge in [0.15, 0.2) is 0 Å². The van der Waals surface area contributed by atoms with Crippen molar-refractivity contribution in [3.8, 4) is 0 Å². The molecule has 1 aromatic heterocycles. The van der Waals surface area contributed by atoms with Crippen LogP contribution in [0.4, 0.5) is 5.69 Å². The van der Waals surface area contributed by atoms with Crippen molar-refractivity contribution in [1.29, 1.82) is 0 Å². The Morgan fingerprint density at radius 2 is 1.95 bits per heavy atom. The minimum atomic E-state index is 0.783. The molecule has 0 fully saturated rings. The van der Waals surface area contributed by atoms with E-state index < -0.39 is 0 Å². The Bertz CT molecular complexity index is 493. The Morgan fingerprint density at radius 1 is 1.16 bits per heavy atom. The molecule has 3 nitrogen and oxygen atoms in total. The molecule has 0 saturated carbocycles. The lowest BCUT2D eigenvalue weighted by atomic mass is 10.1. The third-order valence-electron chi connectivity index (χ3n) is 3.05. The van der Waals surface area contributed by atoms with Crippen LogP contribution in [0, 0.1) is 6.92 Å². The van der Waals surface area contributed by atoms with Crippen LogP contribution in [0.2, 0.25) is 0 Å². The number of aromatic nitrogens is 1. The molecular formula is C15H20N2OS. The highest BCUT2D eigenvalue weighted by Crippen LogP contribution is 2.12. The highest BCUT2D eigenvalue weighted by molar-refractivity contribution is 7.09. The number of benzene rings is 1. The number of nitrogen functional groups attached to an aromatic ring is 1.